The van der Waals surface area contributed by atoms with E-state index < -0.39 is 5.97 Å². The van der Waals surface area contributed by atoms with Gasteiger partial charge in [-0.05, 0) is 24.6 Å². The average Bonchev–Trinajstić information content (AvgIpc) is 2.95. The summed E-state index contributed by atoms with van der Waals surface area (Å²) in [7, 11) is 0. The predicted molar refractivity (Wildman–Crippen MR) is 68.1 cm³/mol. The van der Waals surface area contributed by atoms with Crippen molar-refractivity contribution < 1.29 is 19.2 Å². The molecule has 0 aliphatic heterocycles. The van der Waals surface area contributed by atoms with E-state index in [1.807, 2.05) is 6.92 Å². The highest BCUT2D eigenvalue weighted by atomic mass is 16.5. The number of hydrogen-bond acceptors (Lipinski definition) is 5. The molecule has 1 N–H and O–H groups in total. The minimum Gasteiger partial charge on any atom is -0.475 e. The van der Waals surface area contributed by atoms with Crippen molar-refractivity contribution in [1.29, 1.82) is 0 Å². The second-order valence-electron chi connectivity index (χ2n) is 4.06. The Bertz CT molecular complexity index is 609. The quantitative estimate of drug-likeness (QED) is 0.886. The first kappa shape index (κ1) is 13.7. The van der Waals surface area contributed by atoms with Gasteiger partial charge in [0.25, 0.3) is 5.91 Å². The zero-order chi connectivity index (χ0) is 14.5. The number of carbonyl (C=O) groups is 2. The van der Waals surface area contributed by atoms with Gasteiger partial charge in [0.1, 0.15) is 0 Å². The van der Waals surface area contributed by atoms with Gasteiger partial charge in [0, 0.05) is 31.5 Å². The number of aromatic carboxylic acids is 1. The topological polar surface area (TPSA) is 96.5 Å². The Hall–Kier alpha value is -2.70. The second kappa shape index (κ2) is 5.96. The summed E-state index contributed by atoms with van der Waals surface area (Å²) < 4.78 is 4.59. The lowest BCUT2D eigenvalue weighted by atomic mass is 10.2. The maximum absolute atomic E-state index is 12.2. The van der Waals surface area contributed by atoms with Crippen molar-refractivity contribution >= 4 is 11.9 Å². The lowest BCUT2D eigenvalue weighted by Gasteiger charge is -2.19. The summed E-state index contributed by atoms with van der Waals surface area (Å²) in [6.07, 6.45) is 3.29. The van der Waals surface area contributed by atoms with Crippen LogP contribution in [0.1, 0.15) is 33.5 Å². The highest BCUT2D eigenvalue weighted by molar-refractivity contribution is 5.94. The lowest BCUT2D eigenvalue weighted by molar-refractivity contribution is 0.0648. The molecule has 7 nitrogen and oxygen atoms in total. The Kier molecular flexibility index (Phi) is 4.09. The molecule has 104 valence electrons. The summed E-state index contributed by atoms with van der Waals surface area (Å²) in [6, 6.07) is 4.74. The smallest absolute Gasteiger partial charge is 0.374 e. The standard InChI is InChI=1S/C13H13N3O4/c1-2-16(8-9-3-5-14-6-4-9)12(17)10-7-11(13(18)19)20-15-10/h3-7H,2,8H2,1H3,(H,18,19). The van der Waals surface area contributed by atoms with Crippen LogP contribution >= 0.6 is 0 Å². The molecular weight excluding hydrogens is 262 g/mol. The summed E-state index contributed by atoms with van der Waals surface area (Å²) >= 11 is 0. The molecule has 20 heavy (non-hydrogen) atoms. The first-order chi connectivity index (χ1) is 9.61. The number of hydrogen-bond donors (Lipinski definition) is 1. The van der Waals surface area contributed by atoms with Crippen molar-refractivity contribution in [2.24, 2.45) is 0 Å². The van der Waals surface area contributed by atoms with E-state index in [0.29, 0.717) is 13.1 Å². The second-order valence-corrected chi connectivity index (χ2v) is 4.06. The number of rotatable bonds is 5. The highest BCUT2D eigenvalue weighted by Crippen LogP contribution is 2.10. The minimum atomic E-state index is -1.26. The van der Waals surface area contributed by atoms with Crippen LogP contribution in [0.25, 0.3) is 0 Å². The molecule has 0 radical (unpaired) electrons. The van der Waals surface area contributed by atoms with Crippen LogP contribution in [0.15, 0.2) is 35.1 Å². The number of nitrogens with zero attached hydrogens (tertiary/aromatic N) is 3. The van der Waals surface area contributed by atoms with E-state index in [1.54, 1.807) is 29.4 Å². The molecule has 0 bridgehead atoms. The zero-order valence-corrected chi connectivity index (χ0v) is 10.8. The number of carboxylic acid groups (broad SMARTS) is 1. The lowest BCUT2D eigenvalue weighted by Crippen LogP contribution is -2.30. The third kappa shape index (κ3) is 3.00. The molecule has 0 atom stereocenters. The van der Waals surface area contributed by atoms with Crippen molar-refractivity contribution in [3.05, 3.63) is 47.6 Å². The van der Waals surface area contributed by atoms with Gasteiger partial charge in [-0.15, -0.1) is 0 Å². The molecule has 0 aromatic carbocycles. The minimum absolute atomic E-state index is 0.0155. The van der Waals surface area contributed by atoms with Gasteiger partial charge in [-0.25, -0.2) is 4.79 Å². The van der Waals surface area contributed by atoms with E-state index in [0.717, 1.165) is 11.6 Å². The molecule has 2 aromatic heterocycles. The fourth-order valence-corrected chi connectivity index (χ4v) is 1.67. The van der Waals surface area contributed by atoms with Crippen LogP contribution in [0.4, 0.5) is 0 Å². The van der Waals surface area contributed by atoms with Crippen molar-refractivity contribution in [2.75, 3.05) is 6.54 Å². The van der Waals surface area contributed by atoms with Crippen LogP contribution in [0.3, 0.4) is 0 Å². The molecular formula is C13H13N3O4. The highest BCUT2D eigenvalue weighted by Gasteiger charge is 2.21. The van der Waals surface area contributed by atoms with E-state index in [4.69, 9.17) is 5.11 Å². The van der Waals surface area contributed by atoms with Crippen molar-refractivity contribution in [3.63, 3.8) is 0 Å². The molecule has 2 aromatic rings. The molecule has 0 unspecified atom stereocenters. The van der Waals surface area contributed by atoms with Gasteiger partial charge >= 0.3 is 5.97 Å². The fraction of sp³-hybridized carbons (Fsp3) is 0.231. The number of carboxylic acids is 1. The van der Waals surface area contributed by atoms with E-state index >= 15 is 0 Å². The van der Waals surface area contributed by atoms with Crippen LogP contribution in [0, 0.1) is 0 Å². The van der Waals surface area contributed by atoms with E-state index in [2.05, 4.69) is 14.7 Å². The predicted octanol–water partition coefficient (Wildman–Crippen LogP) is 1.43. The Morgan fingerprint density at radius 2 is 2.05 bits per heavy atom. The van der Waals surface area contributed by atoms with E-state index in [-0.39, 0.29) is 17.4 Å². The number of carbonyl (C=O) groups excluding carboxylic acids is 1. The maximum Gasteiger partial charge on any atom is 0.374 e. The van der Waals surface area contributed by atoms with Crippen LogP contribution in [-0.4, -0.2) is 38.6 Å². The summed E-state index contributed by atoms with van der Waals surface area (Å²) in [5.74, 6) is -1.98. The van der Waals surface area contributed by atoms with Crippen LogP contribution in [-0.2, 0) is 6.54 Å². The average molecular weight is 275 g/mol. The molecule has 1 amide bonds. The van der Waals surface area contributed by atoms with Gasteiger partial charge in [0.2, 0.25) is 5.76 Å². The number of aromatic nitrogens is 2. The molecule has 0 aliphatic rings. The molecule has 0 fully saturated rings. The monoisotopic (exact) mass is 275 g/mol. The van der Waals surface area contributed by atoms with Crippen LogP contribution in [0.2, 0.25) is 0 Å². The maximum atomic E-state index is 12.2. The van der Waals surface area contributed by atoms with Gasteiger partial charge in [-0.2, -0.15) is 0 Å². The van der Waals surface area contributed by atoms with Crippen LogP contribution < -0.4 is 0 Å². The first-order valence-corrected chi connectivity index (χ1v) is 6.00. The molecule has 2 heterocycles. The Labute approximate surface area is 114 Å². The normalized spacial score (nSPS) is 10.2. The first-order valence-electron chi connectivity index (χ1n) is 6.00. The Morgan fingerprint density at radius 1 is 1.35 bits per heavy atom. The van der Waals surface area contributed by atoms with E-state index in [1.165, 1.54) is 0 Å². The van der Waals surface area contributed by atoms with Gasteiger partial charge in [0.15, 0.2) is 5.69 Å². The largest absolute Gasteiger partial charge is 0.475 e. The van der Waals surface area contributed by atoms with Gasteiger partial charge < -0.3 is 14.5 Å². The summed E-state index contributed by atoms with van der Waals surface area (Å²) in [4.78, 5) is 28.4. The third-order valence-electron chi connectivity index (χ3n) is 2.73. The van der Waals surface area contributed by atoms with E-state index in [9.17, 15) is 9.59 Å². The Morgan fingerprint density at radius 3 is 2.60 bits per heavy atom. The zero-order valence-electron chi connectivity index (χ0n) is 10.8. The molecule has 7 heteroatoms. The molecule has 0 spiro atoms. The molecule has 0 aliphatic carbocycles. The van der Waals surface area contributed by atoms with Crippen molar-refractivity contribution in [3.8, 4) is 0 Å². The third-order valence-corrected chi connectivity index (χ3v) is 2.73. The molecule has 0 saturated carbocycles. The number of amides is 1. The SMILES string of the molecule is CCN(Cc1ccncc1)C(=O)c1cc(C(=O)O)on1. The van der Waals surface area contributed by atoms with Gasteiger partial charge in [-0.3, -0.25) is 9.78 Å². The summed E-state index contributed by atoms with van der Waals surface area (Å²) in [5.41, 5.74) is 0.912. The van der Waals surface area contributed by atoms with Gasteiger partial charge in [0.05, 0.1) is 0 Å². The summed E-state index contributed by atoms with van der Waals surface area (Å²) in [5, 5.41) is 12.2. The Balaban J connectivity index is 2.14. The van der Waals surface area contributed by atoms with Crippen molar-refractivity contribution in [2.45, 2.75) is 13.5 Å². The summed E-state index contributed by atoms with van der Waals surface area (Å²) in [6.45, 7) is 2.70. The molecule has 2 rings (SSSR count). The van der Waals surface area contributed by atoms with Crippen LogP contribution in [0.5, 0.6) is 0 Å². The molecule has 0 saturated heterocycles. The van der Waals surface area contributed by atoms with Crippen molar-refractivity contribution in [1.82, 2.24) is 15.0 Å². The number of pyridine rings is 1. The fourth-order valence-electron chi connectivity index (χ4n) is 1.67. The van der Waals surface area contributed by atoms with Gasteiger partial charge in [-0.1, -0.05) is 5.16 Å².